The van der Waals surface area contributed by atoms with Crippen LogP contribution in [0.2, 0.25) is 0 Å². The lowest BCUT2D eigenvalue weighted by Gasteiger charge is -2.34. The minimum atomic E-state index is -3.66. The van der Waals surface area contributed by atoms with E-state index < -0.39 is 15.9 Å². The van der Waals surface area contributed by atoms with Gasteiger partial charge in [-0.05, 0) is 52.0 Å². The van der Waals surface area contributed by atoms with Crippen molar-refractivity contribution in [3.63, 3.8) is 0 Å². The highest BCUT2D eigenvalue weighted by Crippen LogP contribution is 2.21. The van der Waals surface area contributed by atoms with Gasteiger partial charge in [-0.1, -0.05) is 6.92 Å². The third kappa shape index (κ3) is 6.25. The first-order valence-electron chi connectivity index (χ1n) is 9.75. The van der Waals surface area contributed by atoms with Crippen molar-refractivity contribution in [1.82, 2.24) is 9.62 Å². The van der Waals surface area contributed by atoms with Crippen molar-refractivity contribution in [2.45, 2.75) is 57.8 Å². The van der Waals surface area contributed by atoms with E-state index in [1.165, 1.54) is 28.6 Å². The third-order valence-electron chi connectivity index (χ3n) is 4.46. The van der Waals surface area contributed by atoms with E-state index in [1.54, 1.807) is 20.8 Å². The molecule has 162 valence electrons. The Hall–Kier alpha value is -1.97. The highest BCUT2D eigenvalue weighted by molar-refractivity contribution is 7.89. The monoisotopic (exact) mass is 426 g/mol. The number of hydrogen-bond donors (Lipinski definition) is 1. The fourth-order valence-corrected chi connectivity index (χ4v) is 4.62. The lowest BCUT2D eigenvalue weighted by atomic mass is 10.1. The van der Waals surface area contributed by atoms with E-state index in [0.29, 0.717) is 18.7 Å². The molecule has 1 saturated heterocycles. The Labute approximate surface area is 172 Å². The van der Waals surface area contributed by atoms with Crippen molar-refractivity contribution in [2.75, 3.05) is 19.6 Å². The first-order chi connectivity index (χ1) is 13.5. The van der Waals surface area contributed by atoms with Crippen LogP contribution in [-0.2, 0) is 24.3 Å². The van der Waals surface area contributed by atoms with E-state index >= 15 is 0 Å². The maximum atomic E-state index is 12.9. The average molecular weight is 427 g/mol. The summed E-state index contributed by atoms with van der Waals surface area (Å²) in [6, 6.07) is 5.77. The number of nitrogens with zero attached hydrogens (tertiary/aromatic N) is 1. The quantitative estimate of drug-likeness (QED) is 0.667. The van der Waals surface area contributed by atoms with Crippen LogP contribution in [0.4, 0.5) is 0 Å². The standard InChI is InChI=1S/C20H30N2O6S/c1-13(2)27-20(24)14(3)10-21-19(23)17-6-8-18(9-7-17)29(25,26)22-11-15(4)28-16(5)12-22/h6-9,13-16H,10-12H2,1-5H3,(H,21,23)/t14-,15+,16+/m1/s1. The number of nitrogens with one attached hydrogen (secondary N) is 1. The molecule has 1 N–H and O–H groups in total. The molecule has 0 aliphatic carbocycles. The van der Waals surface area contributed by atoms with Gasteiger partial charge in [0, 0.05) is 25.2 Å². The Balaban J connectivity index is 2.00. The van der Waals surface area contributed by atoms with Crippen LogP contribution in [-0.4, -0.2) is 62.5 Å². The molecule has 8 nitrogen and oxygen atoms in total. The van der Waals surface area contributed by atoms with Gasteiger partial charge in [0.05, 0.1) is 29.1 Å². The Kier molecular flexibility index (Phi) is 7.79. The molecule has 0 saturated carbocycles. The van der Waals surface area contributed by atoms with Gasteiger partial charge in [0.1, 0.15) is 0 Å². The van der Waals surface area contributed by atoms with E-state index in [0.717, 1.165) is 0 Å². The van der Waals surface area contributed by atoms with Crippen LogP contribution in [0.1, 0.15) is 45.0 Å². The van der Waals surface area contributed by atoms with Crippen LogP contribution in [0.15, 0.2) is 29.2 Å². The van der Waals surface area contributed by atoms with Crippen LogP contribution in [0.5, 0.6) is 0 Å². The molecule has 1 heterocycles. The van der Waals surface area contributed by atoms with Crippen molar-refractivity contribution >= 4 is 21.9 Å². The second-order valence-electron chi connectivity index (χ2n) is 7.70. The molecule has 1 fully saturated rings. The number of rotatable bonds is 7. The summed E-state index contributed by atoms with van der Waals surface area (Å²) in [5.74, 6) is -1.24. The third-order valence-corrected chi connectivity index (χ3v) is 6.31. The number of amides is 1. The normalized spacial score (nSPS) is 21.6. The molecule has 0 spiro atoms. The van der Waals surface area contributed by atoms with Crippen LogP contribution < -0.4 is 5.32 Å². The molecule has 0 radical (unpaired) electrons. The molecule has 1 aromatic rings. The number of hydrogen-bond acceptors (Lipinski definition) is 6. The van der Waals surface area contributed by atoms with Crippen molar-refractivity contribution in [3.05, 3.63) is 29.8 Å². The summed E-state index contributed by atoms with van der Waals surface area (Å²) in [5.41, 5.74) is 0.317. The molecular weight excluding hydrogens is 396 g/mol. The van der Waals surface area contributed by atoms with Gasteiger partial charge < -0.3 is 14.8 Å². The Morgan fingerprint density at radius 2 is 1.69 bits per heavy atom. The minimum Gasteiger partial charge on any atom is -0.463 e. The zero-order valence-corrected chi connectivity index (χ0v) is 18.4. The summed E-state index contributed by atoms with van der Waals surface area (Å²) in [4.78, 5) is 24.2. The maximum Gasteiger partial charge on any atom is 0.310 e. The Morgan fingerprint density at radius 3 is 2.21 bits per heavy atom. The van der Waals surface area contributed by atoms with Crippen molar-refractivity contribution in [2.24, 2.45) is 5.92 Å². The lowest BCUT2D eigenvalue weighted by molar-refractivity contribution is -0.151. The van der Waals surface area contributed by atoms with Crippen molar-refractivity contribution < 1.29 is 27.5 Å². The number of benzene rings is 1. The second kappa shape index (κ2) is 9.69. The summed E-state index contributed by atoms with van der Waals surface area (Å²) in [5, 5.41) is 2.67. The van der Waals surface area contributed by atoms with Crippen LogP contribution >= 0.6 is 0 Å². The lowest BCUT2D eigenvalue weighted by Crippen LogP contribution is -2.48. The molecule has 1 aliphatic rings. The summed E-state index contributed by atoms with van der Waals surface area (Å²) in [6.07, 6.45) is -0.571. The summed E-state index contributed by atoms with van der Waals surface area (Å²) >= 11 is 0. The zero-order chi connectivity index (χ0) is 21.8. The minimum absolute atomic E-state index is 0.129. The molecule has 1 amide bonds. The highest BCUT2D eigenvalue weighted by Gasteiger charge is 2.32. The topological polar surface area (TPSA) is 102 Å². The molecule has 0 bridgehead atoms. The molecule has 1 aliphatic heterocycles. The molecule has 9 heteroatoms. The van der Waals surface area contributed by atoms with Crippen LogP contribution in [0.3, 0.4) is 0 Å². The zero-order valence-electron chi connectivity index (χ0n) is 17.5. The van der Waals surface area contributed by atoms with Gasteiger partial charge in [-0.3, -0.25) is 9.59 Å². The summed E-state index contributed by atoms with van der Waals surface area (Å²) in [7, 11) is -3.66. The van der Waals surface area contributed by atoms with E-state index in [2.05, 4.69) is 5.32 Å². The first kappa shape index (κ1) is 23.3. The number of sulfonamides is 1. The van der Waals surface area contributed by atoms with Gasteiger partial charge in [0.2, 0.25) is 10.0 Å². The maximum absolute atomic E-state index is 12.9. The van der Waals surface area contributed by atoms with E-state index in [4.69, 9.17) is 9.47 Å². The largest absolute Gasteiger partial charge is 0.463 e. The molecule has 3 atom stereocenters. The summed E-state index contributed by atoms with van der Waals surface area (Å²) in [6.45, 7) is 9.58. The second-order valence-corrected chi connectivity index (χ2v) is 9.64. The molecule has 29 heavy (non-hydrogen) atoms. The van der Waals surface area contributed by atoms with E-state index in [-0.39, 0.29) is 41.6 Å². The molecule has 0 aromatic heterocycles. The first-order valence-corrected chi connectivity index (χ1v) is 11.2. The van der Waals surface area contributed by atoms with Crippen LogP contribution in [0.25, 0.3) is 0 Å². The SMILES string of the molecule is CC(C)OC(=O)[C@H](C)CNC(=O)c1ccc(S(=O)(=O)N2C[C@H](C)O[C@@H](C)C2)cc1. The van der Waals surface area contributed by atoms with Gasteiger partial charge in [0.15, 0.2) is 0 Å². The van der Waals surface area contributed by atoms with Crippen molar-refractivity contribution in [1.29, 1.82) is 0 Å². The summed E-state index contributed by atoms with van der Waals surface area (Å²) < 4.78 is 37.8. The average Bonchev–Trinajstić information content (AvgIpc) is 2.64. The van der Waals surface area contributed by atoms with Gasteiger partial charge in [0.25, 0.3) is 5.91 Å². The molecule has 2 rings (SSSR count). The van der Waals surface area contributed by atoms with Gasteiger partial charge in [-0.25, -0.2) is 8.42 Å². The van der Waals surface area contributed by atoms with E-state index in [1.807, 2.05) is 13.8 Å². The predicted octanol–water partition coefficient (Wildman–Crippen LogP) is 1.80. The fourth-order valence-electron chi connectivity index (χ4n) is 3.03. The predicted molar refractivity (Wildman–Crippen MR) is 108 cm³/mol. The number of ether oxygens (including phenoxy) is 2. The van der Waals surface area contributed by atoms with E-state index in [9.17, 15) is 18.0 Å². The van der Waals surface area contributed by atoms with Crippen LogP contribution in [0, 0.1) is 5.92 Å². The van der Waals surface area contributed by atoms with Gasteiger partial charge >= 0.3 is 5.97 Å². The number of morpholine rings is 1. The number of esters is 1. The Morgan fingerprint density at radius 1 is 1.14 bits per heavy atom. The highest BCUT2D eigenvalue weighted by atomic mass is 32.2. The number of carbonyl (C=O) groups is 2. The van der Waals surface area contributed by atoms with Crippen molar-refractivity contribution in [3.8, 4) is 0 Å². The Bertz CT molecular complexity index is 812. The number of carbonyl (C=O) groups excluding carboxylic acids is 2. The molecule has 1 aromatic carbocycles. The van der Waals surface area contributed by atoms with Gasteiger partial charge in [-0.15, -0.1) is 0 Å². The van der Waals surface area contributed by atoms with Gasteiger partial charge in [-0.2, -0.15) is 4.31 Å². The molecular formula is C20H30N2O6S. The smallest absolute Gasteiger partial charge is 0.310 e. The fraction of sp³-hybridized carbons (Fsp3) is 0.600. The molecule has 0 unspecified atom stereocenters.